The number of ether oxygens (including phenoxy) is 1. The average Bonchev–Trinajstić information content (AvgIpc) is 2.48. The van der Waals surface area contributed by atoms with E-state index >= 15 is 0 Å². The first-order valence-electron chi connectivity index (χ1n) is 7.08. The monoisotopic (exact) mass is 284 g/mol. The van der Waals surface area contributed by atoms with Crippen LogP contribution in [0.25, 0.3) is 11.1 Å². The van der Waals surface area contributed by atoms with E-state index in [1.165, 1.54) is 0 Å². The van der Waals surface area contributed by atoms with Gasteiger partial charge in [-0.05, 0) is 30.5 Å². The lowest BCUT2D eigenvalue weighted by atomic mass is 10.0. The maximum atomic E-state index is 11.7. The van der Waals surface area contributed by atoms with Gasteiger partial charge in [-0.25, -0.2) is 0 Å². The molecule has 0 amide bonds. The van der Waals surface area contributed by atoms with E-state index in [0.717, 1.165) is 16.7 Å². The van der Waals surface area contributed by atoms with Crippen LogP contribution >= 0.6 is 0 Å². The van der Waals surface area contributed by atoms with E-state index in [1.807, 2.05) is 54.6 Å². The largest absolute Gasteiger partial charge is 0.460 e. The summed E-state index contributed by atoms with van der Waals surface area (Å²) < 4.78 is 5.14. The first-order valence-corrected chi connectivity index (χ1v) is 7.08. The molecule has 0 aromatic heterocycles. The van der Waals surface area contributed by atoms with Gasteiger partial charge in [-0.1, -0.05) is 54.6 Å². The van der Waals surface area contributed by atoms with Crippen LogP contribution in [0.15, 0.2) is 54.6 Å². The third-order valence-electron chi connectivity index (χ3n) is 3.41. The third-order valence-corrected chi connectivity index (χ3v) is 3.41. The van der Waals surface area contributed by atoms with Gasteiger partial charge < -0.3 is 9.84 Å². The number of rotatable bonds is 5. The summed E-state index contributed by atoms with van der Waals surface area (Å²) in [7, 11) is 0. The van der Waals surface area contributed by atoms with Crippen molar-refractivity contribution in [3.63, 3.8) is 0 Å². The molecule has 2 aromatic rings. The normalized spacial score (nSPS) is 13.5. The SMILES string of the molecule is CC(O)C(C)OC(=O)Cc1ccc(-c2ccccc2)cc1. The van der Waals surface area contributed by atoms with E-state index in [9.17, 15) is 9.90 Å². The van der Waals surface area contributed by atoms with Crippen LogP contribution in [0.3, 0.4) is 0 Å². The second-order valence-electron chi connectivity index (χ2n) is 5.18. The molecule has 0 aliphatic carbocycles. The van der Waals surface area contributed by atoms with Crippen LogP contribution in [0.4, 0.5) is 0 Å². The summed E-state index contributed by atoms with van der Waals surface area (Å²) in [5, 5.41) is 9.32. The van der Waals surface area contributed by atoms with Crippen LogP contribution in [0, 0.1) is 0 Å². The van der Waals surface area contributed by atoms with Crippen LogP contribution in [-0.4, -0.2) is 23.3 Å². The van der Waals surface area contributed by atoms with Gasteiger partial charge in [0.15, 0.2) is 0 Å². The summed E-state index contributed by atoms with van der Waals surface area (Å²) in [4.78, 5) is 11.7. The summed E-state index contributed by atoms with van der Waals surface area (Å²) in [6.45, 7) is 3.29. The smallest absolute Gasteiger partial charge is 0.310 e. The molecule has 0 heterocycles. The lowest BCUT2D eigenvalue weighted by molar-refractivity contribution is -0.152. The number of aliphatic hydroxyl groups excluding tert-OH is 1. The van der Waals surface area contributed by atoms with Crippen LogP contribution in [-0.2, 0) is 16.0 Å². The molecular formula is C18H20O3. The molecule has 0 saturated heterocycles. The maximum Gasteiger partial charge on any atom is 0.310 e. The van der Waals surface area contributed by atoms with Gasteiger partial charge >= 0.3 is 5.97 Å². The van der Waals surface area contributed by atoms with Gasteiger partial charge in [0.25, 0.3) is 0 Å². The Hall–Kier alpha value is -2.13. The molecule has 2 unspecified atom stereocenters. The molecule has 0 saturated carbocycles. The maximum absolute atomic E-state index is 11.7. The second-order valence-corrected chi connectivity index (χ2v) is 5.18. The molecule has 21 heavy (non-hydrogen) atoms. The molecule has 0 spiro atoms. The van der Waals surface area contributed by atoms with Gasteiger partial charge in [0.1, 0.15) is 6.10 Å². The lowest BCUT2D eigenvalue weighted by Gasteiger charge is -2.15. The van der Waals surface area contributed by atoms with Crippen LogP contribution in [0.5, 0.6) is 0 Å². The number of esters is 1. The highest BCUT2D eigenvalue weighted by molar-refractivity contribution is 5.73. The van der Waals surface area contributed by atoms with Crippen molar-refractivity contribution in [2.24, 2.45) is 0 Å². The Morgan fingerprint density at radius 3 is 2.14 bits per heavy atom. The highest BCUT2D eigenvalue weighted by atomic mass is 16.6. The summed E-state index contributed by atoms with van der Waals surface area (Å²) in [5.41, 5.74) is 3.16. The lowest BCUT2D eigenvalue weighted by Crippen LogP contribution is -2.26. The molecule has 0 aliphatic heterocycles. The molecule has 2 atom stereocenters. The quantitative estimate of drug-likeness (QED) is 0.858. The Kier molecular flexibility index (Phi) is 5.12. The van der Waals surface area contributed by atoms with Crippen molar-refractivity contribution in [3.8, 4) is 11.1 Å². The molecule has 2 aromatic carbocycles. The first-order chi connectivity index (χ1) is 10.1. The van der Waals surface area contributed by atoms with Gasteiger partial charge in [0.2, 0.25) is 0 Å². The van der Waals surface area contributed by atoms with Gasteiger partial charge in [-0.3, -0.25) is 4.79 Å². The number of hydrogen-bond donors (Lipinski definition) is 1. The van der Waals surface area contributed by atoms with E-state index in [0.29, 0.717) is 0 Å². The van der Waals surface area contributed by atoms with E-state index in [-0.39, 0.29) is 12.4 Å². The Morgan fingerprint density at radius 1 is 1.00 bits per heavy atom. The summed E-state index contributed by atoms with van der Waals surface area (Å²) in [5.74, 6) is -0.323. The molecule has 1 N–H and O–H groups in total. The fraction of sp³-hybridized carbons (Fsp3) is 0.278. The van der Waals surface area contributed by atoms with E-state index in [1.54, 1.807) is 13.8 Å². The predicted molar refractivity (Wildman–Crippen MR) is 82.8 cm³/mol. The fourth-order valence-electron chi connectivity index (χ4n) is 1.96. The van der Waals surface area contributed by atoms with Crippen molar-refractivity contribution in [2.45, 2.75) is 32.5 Å². The second kappa shape index (κ2) is 7.04. The molecule has 2 rings (SSSR count). The molecule has 0 radical (unpaired) electrons. The summed E-state index contributed by atoms with van der Waals surface area (Å²) in [6.07, 6.45) is -0.929. The summed E-state index contributed by atoms with van der Waals surface area (Å²) in [6, 6.07) is 17.9. The van der Waals surface area contributed by atoms with Crippen molar-refractivity contribution in [1.29, 1.82) is 0 Å². The number of carbonyl (C=O) groups is 1. The zero-order valence-corrected chi connectivity index (χ0v) is 12.3. The predicted octanol–water partition coefficient (Wildman–Crippen LogP) is 3.21. The zero-order valence-electron chi connectivity index (χ0n) is 12.3. The fourth-order valence-corrected chi connectivity index (χ4v) is 1.96. The Labute approximate surface area is 125 Å². The number of aliphatic hydroxyl groups is 1. The Balaban J connectivity index is 1.98. The van der Waals surface area contributed by atoms with E-state index in [4.69, 9.17) is 4.74 Å². The zero-order chi connectivity index (χ0) is 15.2. The average molecular weight is 284 g/mol. The van der Waals surface area contributed by atoms with Gasteiger partial charge in [-0.2, -0.15) is 0 Å². The number of carbonyl (C=O) groups excluding carboxylic acids is 1. The molecule has 110 valence electrons. The minimum Gasteiger partial charge on any atom is -0.460 e. The van der Waals surface area contributed by atoms with Crippen molar-refractivity contribution < 1.29 is 14.6 Å². The molecule has 3 heteroatoms. The van der Waals surface area contributed by atoms with Crippen LogP contribution in [0.2, 0.25) is 0 Å². The standard InChI is InChI=1S/C18H20O3/c1-13(19)14(2)21-18(20)12-15-8-10-17(11-9-15)16-6-4-3-5-7-16/h3-11,13-14,19H,12H2,1-2H3. The van der Waals surface area contributed by atoms with E-state index < -0.39 is 12.2 Å². The minimum absolute atomic E-state index is 0.214. The van der Waals surface area contributed by atoms with Gasteiger partial charge in [-0.15, -0.1) is 0 Å². The van der Waals surface area contributed by atoms with Crippen LogP contribution in [0.1, 0.15) is 19.4 Å². The van der Waals surface area contributed by atoms with Crippen LogP contribution < -0.4 is 0 Å². The molecule has 3 nitrogen and oxygen atoms in total. The van der Waals surface area contributed by atoms with Gasteiger partial charge in [0.05, 0.1) is 12.5 Å². The molecular weight excluding hydrogens is 264 g/mol. The Bertz CT molecular complexity index is 573. The third kappa shape index (κ3) is 4.43. The minimum atomic E-state index is -0.658. The molecule has 0 bridgehead atoms. The number of hydrogen-bond acceptors (Lipinski definition) is 3. The van der Waals surface area contributed by atoms with Crippen molar-refractivity contribution in [2.75, 3.05) is 0 Å². The van der Waals surface area contributed by atoms with Crippen molar-refractivity contribution in [1.82, 2.24) is 0 Å². The van der Waals surface area contributed by atoms with E-state index in [2.05, 4.69) is 0 Å². The van der Waals surface area contributed by atoms with Crippen molar-refractivity contribution >= 4 is 5.97 Å². The highest BCUT2D eigenvalue weighted by Crippen LogP contribution is 2.19. The summed E-state index contributed by atoms with van der Waals surface area (Å²) >= 11 is 0. The topological polar surface area (TPSA) is 46.5 Å². The Morgan fingerprint density at radius 2 is 1.57 bits per heavy atom. The van der Waals surface area contributed by atoms with Crippen molar-refractivity contribution in [3.05, 3.63) is 60.2 Å². The highest BCUT2D eigenvalue weighted by Gasteiger charge is 2.14. The first kappa shape index (κ1) is 15.3. The number of benzene rings is 2. The van der Waals surface area contributed by atoms with Gasteiger partial charge in [0, 0.05) is 0 Å². The molecule has 0 aliphatic rings. The molecule has 0 fully saturated rings.